The van der Waals surface area contributed by atoms with Crippen LogP contribution in [-0.2, 0) is 0 Å². The lowest BCUT2D eigenvalue weighted by Crippen LogP contribution is -2.72. The number of halogens is 1. The first-order valence-corrected chi connectivity index (χ1v) is 13.5. The van der Waals surface area contributed by atoms with Crippen LogP contribution in [0, 0.1) is 0 Å². The Kier molecular flexibility index (Phi) is 10.2. The van der Waals surface area contributed by atoms with Gasteiger partial charge in [0.25, 0.3) is 0 Å². The van der Waals surface area contributed by atoms with E-state index in [4.69, 9.17) is 0 Å². The second-order valence-corrected chi connectivity index (χ2v) is 9.05. The minimum Gasteiger partial charge on any atom is -0.372 e. The highest BCUT2D eigenvalue weighted by Gasteiger charge is 2.22. The second kappa shape index (κ2) is 13.3. The lowest BCUT2D eigenvalue weighted by atomic mass is 9.83. The molecule has 1 aliphatic rings. The molecule has 3 aromatic carbocycles. The van der Waals surface area contributed by atoms with E-state index < -0.39 is 0 Å². The molecule has 0 saturated heterocycles. The molecule has 1 N–H and O–H groups in total. The average Bonchev–Trinajstić information content (AvgIpc) is 2.93. The Morgan fingerprint density at radius 3 is 1.49 bits per heavy atom. The Bertz CT molecular complexity index is 1190. The SMILES string of the molecule is CC[NH+]=C1C=CC(=C(c2ccc(N(CC)CC)cc2)c2ccc(N(CC)CC)cc2)c2ccccc21.Cl. The zero-order valence-electron chi connectivity index (χ0n) is 22.9. The lowest BCUT2D eigenvalue weighted by molar-refractivity contribution is -0.450. The van der Waals surface area contributed by atoms with Crippen molar-refractivity contribution in [3.63, 3.8) is 0 Å². The molecule has 0 aliphatic heterocycles. The Balaban J connectivity index is 0.00000380. The van der Waals surface area contributed by atoms with E-state index in [1.807, 2.05) is 0 Å². The van der Waals surface area contributed by atoms with Gasteiger partial charge in [0.2, 0.25) is 5.71 Å². The van der Waals surface area contributed by atoms with Crippen LogP contribution in [0.15, 0.2) is 84.9 Å². The maximum atomic E-state index is 3.54. The number of anilines is 2. The van der Waals surface area contributed by atoms with Gasteiger partial charge in [-0.25, -0.2) is 4.99 Å². The van der Waals surface area contributed by atoms with Gasteiger partial charge in [-0.2, -0.15) is 0 Å². The molecule has 4 heteroatoms. The zero-order valence-corrected chi connectivity index (χ0v) is 23.7. The van der Waals surface area contributed by atoms with E-state index in [1.165, 1.54) is 50.5 Å². The van der Waals surface area contributed by atoms with Gasteiger partial charge in [-0.1, -0.05) is 42.5 Å². The number of fused-ring (bicyclic) bond motifs is 1. The van der Waals surface area contributed by atoms with Gasteiger partial charge < -0.3 is 9.80 Å². The monoisotopic (exact) mass is 514 g/mol. The van der Waals surface area contributed by atoms with E-state index in [0.717, 1.165) is 32.7 Å². The molecule has 0 unspecified atom stereocenters. The Labute approximate surface area is 229 Å². The summed E-state index contributed by atoms with van der Waals surface area (Å²) in [6.45, 7) is 15.9. The van der Waals surface area contributed by atoms with E-state index in [1.54, 1.807) is 0 Å². The number of allylic oxidation sites excluding steroid dienone is 3. The van der Waals surface area contributed by atoms with Gasteiger partial charge in [0.05, 0.1) is 5.56 Å². The van der Waals surface area contributed by atoms with Crippen LogP contribution in [0.1, 0.15) is 56.9 Å². The predicted octanol–water partition coefficient (Wildman–Crippen LogP) is 6.22. The van der Waals surface area contributed by atoms with E-state index in [2.05, 4.69) is 134 Å². The lowest BCUT2D eigenvalue weighted by Gasteiger charge is -2.24. The van der Waals surface area contributed by atoms with Crippen LogP contribution in [0.4, 0.5) is 11.4 Å². The molecule has 0 aromatic heterocycles. The van der Waals surface area contributed by atoms with Gasteiger partial charge in [-0.3, -0.25) is 0 Å². The van der Waals surface area contributed by atoms with Gasteiger partial charge in [-0.05, 0) is 98.9 Å². The molecule has 0 radical (unpaired) electrons. The fourth-order valence-electron chi connectivity index (χ4n) is 5.19. The van der Waals surface area contributed by atoms with Gasteiger partial charge >= 0.3 is 0 Å². The molecule has 4 rings (SSSR count). The zero-order chi connectivity index (χ0) is 25.5. The fourth-order valence-corrected chi connectivity index (χ4v) is 5.19. The van der Waals surface area contributed by atoms with Crippen molar-refractivity contribution in [3.05, 3.63) is 107 Å². The van der Waals surface area contributed by atoms with E-state index in [-0.39, 0.29) is 12.4 Å². The van der Waals surface area contributed by atoms with Crippen LogP contribution in [0.5, 0.6) is 0 Å². The summed E-state index contributed by atoms with van der Waals surface area (Å²) in [4.78, 5) is 8.33. The highest BCUT2D eigenvalue weighted by molar-refractivity contribution is 6.17. The minimum absolute atomic E-state index is 0. The molecule has 0 amide bonds. The van der Waals surface area contributed by atoms with Crippen molar-refractivity contribution in [2.45, 2.75) is 34.6 Å². The molecular weight excluding hydrogens is 474 g/mol. The summed E-state index contributed by atoms with van der Waals surface area (Å²) in [7, 11) is 0. The summed E-state index contributed by atoms with van der Waals surface area (Å²) in [5.41, 5.74) is 11.3. The number of nitrogens with zero attached hydrogens (tertiary/aromatic N) is 2. The fraction of sp³-hybridized carbons (Fsp3) is 0.303. The molecule has 0 saturated carbocycles. The van der Waals surface area contributed by atoms with Gasteiger partial charge in [-0.15, -0.1) is 12.4 Å². The summed E-state index contributed by atoms with van der Waals surface area (Å²) >= 11 is 0. The molecule has 0 spiro atoms. The average molecular weight is 515 g/mol. The number of benzene rings is 3. The third-order valence-corrected chi connectivity index (χ3v) is 7.13. The van der Waals surface area contributed by atoms with Crippen molar-refractivity contribution in [3.8, 4) is 0 Å². The maximum absolute atomic E-state index is 3.54. The molecule has 37 heavy (non-hydrogen) atoms. The Morgan fingerprint density at radius 2 is 1.05 bits per heavy atom. The number of nitrogens with one attached hydrogen (secondary N) is 1. The van der Waals surface area contributed by atoms with Crippen LogP contribution >= 0.6 is 12.4 Å². The van der Waals surface area contributed by atoms with E-state index in [9.17, 15) is 0 Å². The number of hydrogen-bond donors (Lipinski definition) is 1. The standard InChI is InChI=1S/C33H39N3.ClH/c1-6-34-32-24-23-31(29-13-11-12-14-30(29)32)33(25-15-19-27(20-16-25)35(7-2)8-3)26-17-21-28(22-18-26)36(9-4)10-5;/h11-24H,6-10H2,1-5H3;1H/p+1. The Hall–Kier alpha value is -3.30. The molecule has 3 aromatic rings. The predicted molar refractivity (Wildman–Crippen MR) is 164 cm³/mol. The number of hydrogen-bond acceptors (Lipinski definition) is 2. The molecule has 0 heterocycles. The summed E-state index contributed by atoms with van der Waals surface area (Å²) in [6, 6.07) is 27.0. The van der Waals surface area contributed by atoms with Crippen LogP contribution < -0.4 is 14.8 Å². The van der Waals surface area contributed by atoms with Gasteiger partial charge in [0, 0.05) is 43.6 Å². The first-order chi connectivity index (χ1) is 17.6. The van der Waals surface area contributed by atoms with Crippen molar-refractivity contribution in [1.82, 2.24) is 0 Å². The molecule has 0 atom stereocenters. The van der Waals surface area contributed by atoms with Crippen LogP contribution in [0.25, 0.3) is 11.1 Å². The molecule has 3 nitrogen and oxygen atoms in total. The van der Waals surface area contributed by atoms with E-state index in [0.29, 0.717) is 0 Å². The smallest absolute Gasteiger partial charge is 0.206 e. The molecule has 194 valence electrons. The van der Waals surface area contributed by atoms with Crippen LogP contribution in [-0.4, -0.2) is 38.4 Å². The van der Waals surface area contributed by atoms with Crippen molar-refractivity contribution in [2.75, 3.05) is 42.5 Å². The first kappa shape index (κ1) is 28.3. The highest BCUT2D eigenvalue weighted by Crippen LogP contribution is 2.37. The molecule has 0 fully saturated rings. The quantitative estimate of drug-likeness (QED) is 0.366. The maximum Gasteiger partial charge on any atom is 0.206 e. The van der Waals surface area contributed by atoms with Gasteiger partial charge in [0.15, 0.2) is 0 Å². The third kappa shape index (κ3) is 5.99. The van der Waals surface area contributed by atoms with Crippen LogP contribution in [0.2, 0.25) is 0 Å². The summed E-state index contributed by atoms with van der Waals surface area (Å²) in [5, 5.41) is 0. The Morgan fingerprint density at radius 1 is 0.595 bits per heavy atom. The minimum atomic E-state index is 0. The highest BCUT2D eigenvalue weighted by atomic mass is 35.5. The largest absolute Gasteiger partial charge is 0.372 e. The van der Waals surface area contributed by atoms with Crippen molar-refractivity contribution >= 4 is 40.6 Å². The molecule has 1 aliphatic carbocycles. The second-order valence-electron chi connectivity index (χ2n) is 9.05. The summed E-state index contributed by atoms with van der Waals surface area (Å²) in [6.07, 6.45) is 4.52. The van der Waals surface area contributed by atoms with E-state index >= 15 is 0 Å². The molecule has 0 bridgehead atoms. The topological polar surface area (TPSA) is 20.5 Å². The summed E-state index contributed by atoms with van der Waals surface area (Å²) < 4.78 is 0. The third-order valence-electron chi connectivity index (χ3n) is 7.13. The number of rotatable bonds is 9. The van der Waals surface area contributed by atoms with Crippen LogP contribution in [0.3, 0.4) is 0 Å². The molecular formula is C33H41ClN3+. The van der Waals surface area contributed by atoms with Crippen molar-refractivity contribution < 1.29 is 4.99 Å². The first-order valence-electron chi connectivity index (χ1n) is 13.5. The normalized spacial score (nSPS) is 13.2. The summed E-state index contributed by atoms with van der Waals surface area (Å²) in [5.74, 6) is 0. The van der Waals surface area contributed by atoms with Crippen molar-refractivity contribution in [2.24, 2.45) is 0 Å². The van der Waals surface area contributed by atoms with Gasteiger partial charge in [0.1, 0.15) is 6.54 Å². The van der Waals surface area contributed by atoms with Crippen molar-refractivity contribution in [1.29, 1.82) is 0 Å².